The van der Waals surface area contributed by atoms with E-state index in [1.54, 1.807) is 0 Å². The molecule has 0 radical (unpaired) electrons. The van der Waals surface area contributed by atoms with Crippen LogP contribution < -0.4 is 0 Å². The standard InChI is InChI=1S/C12H24N2O3/c1-4-13(5-2)11(12(15)16)10(3)14-6-8-17-9-7-14/h10-11H,4-9H2,1-3H3,(H,15,16). The summed E-state index contributed by atoms with van der Waals surface area (Å²) in [6, 6.07) is -0.403. The maximum atomic E-state index is 11.4. The van der Waals surface area contributed by atoms with Gasteiger partial charge in [0.1, 0.15) is 6.04 Å². The summed E-state index contributed by atoms with van der Waals surface area (Å²) >= 11 is 0. The van der Waals surface area contributed by atoms with Crippen LogP contribution in [-0.4, -0.2) is 72.4 Å². The molecule has 1 fully saturated rings. The van der Waals surface area contributed by atoms with Crippen LogP contribution in [0, 0.1) is 0 Å². The Morgan fingerprint density at radius 1 is 1.35 bits per heavy atom. The van der Waals surface area contributed by atoms with Gasteiger partial charge in [-0.05, 0) is 20.0 Å². The van der Waals surface area contributed by atoms with Crippen molar-refractivity contribution in [3.8, 4) is 0 Å². The van der Waals surface area contributed by atoms with Crippen LogP contribution in [0.1, 0.15) is 20.8 Å². The Labute approximate surface area is 103 Å². The van der Waals surface area contributed by atoms with Crippen LogP contribution in [0.25, 0.3) is 0 Å². The molecular weight excluding hydrogens is 220 g/mol. The van der Waals surface area contributed by atoms with Crippen LogP contribution in [0.2, 0.25) is 0 Å². The van der Waals surface area contributed by atoms with E-state index in [-0.39, 0.29) is 6.04 Å². The molecule has 0 bridgehead atoms. The summed E-state index contributed by atoms with van der Waals surface area (Å²) in [5.74, 6) is -0.729. The van der Waals surface area contributed by atoms with E-state index in [0.717, 1.165) is 26.2 Å². The predicted molar refractivity (Wildman–Crippen MR) is 66.2 cm³/mol. The molecule has 1 aliphatic heterocycles. The Hall–Kier alpha value is -0.650. The van der Waals surface area contributed by atoms with Crippen molar-refractivity contribution in [2.24, 2.45) is 0 Å². The third kappa shape index (κ3) is 3.66. The summed E-state index contributed by atoms with van der Waals surface area (Å²) in [6.45, 7) is 10.6. The number of carbonyl (C=O) groups is 1. The average Bonchev–Trinajstić information content (AvgIpc) is 2.35. The van der Waals surface area contributed by atoms with E-state index >= 15 is 0 Å². The third-order valence-corrected chi connectivity index (χ3v) is 3.54. The van der Waals surface area contributed by atoms with Gasteiger partial charge in [0.05, 0.1) is 13.2 Å². The van der Waals surface area contributed by atoms with Gasteiger partial charge in [0.2, 0.25) is 0 Å². The smallest absolute Gasteiger partial charge is 0.322 e. The molecule has 0 amide bonds. The lowest BCUT2D eigenvalue weighted by Gasteiger charge is -2.39. The van der Waals surface area contributed by atoms with Crippen LogP contribution in [0.15, 0.2) is 0 Å². The minimum atomic E-state index is -0.729. The van der Waals surface area contributed by atoms with Gasteiger partial charge in [-0.3, -0.25) is 14.6 Å². The van der Waals surface area contributed by atoms with Gasteiger partial charge in [-0.15, -0.1) is 0 Å². The lowest BCUT2D eigenvalue weighted by Crippen LogP contribution is -2.56. The van der Waals surface area contributed by atoms with Gasteiger partial charge in [0, 0.05) is 19.1 Å². The predicted octanol–water partition coefficient (Wildman–Crippen LogP) is 0.502. The molecule has 100 valence electrons. The first-order valence-corrected chi connectivity index (χ1v) is 6.40. The van der Waals surface area contributed by atoms with Crippen molar-refractivity contribution in [3.05, 3.63) is 0 Å². The van der Waals surface area contributed by atoms with Crippen LogP contribution in [0.5, 0.6) is 0 Å². The molecule has 0 aromatic rings. The number of likely N-dealkylation sites (N-methyl/N-ethyl adjacent to an activating group) is 1. The summed E-state index contributed by atoms with van der Waals surface area (Å²) in [7, 11) is 0. The molecule has 5 nitrogen and oxygen atoms in total. The molecule has 2 atom stereocenters. The fraction of sp³-hybridized carbons (Fsp3) is 0.917. The highest BCUT2D eigenvalue weighted by Gasteiger charge is 2.33. The lowest BCUT2D eigenvalue weighted by molar-refractivity contribution is -0.146. The molecule has 0 aromatic carbocycles. The molecule has 1 rings (SSSR count). The summed E-state index contributed by atoms with van der Waals surface area (Å²) < 4.78 is 5.30. The van der Waals surface area contributed by atoms with Crippen molar-refractivity contribution in [2.45, 2.75) is 32.9 Å². The van der Waals surface area contributed by atoms with Crippen molar-refractivity contribution in [2.75, 3.05) is 39.4 Å². The van der Waals surface area contributed by atoms with Gasteiger partial charge in [-0.2, -0.15) is 0 Å². The summed E-state index contributed by atoms with van der Waals surface area (Å²) in [4.78, 5) is 15.7. The Morgan fingerprint density at radius 3 is 2.29 bits per heavy atom. The normalized spacial score (nSPS) is 21.4. The highest BCUT2D eigenvalue weighted by atomic mass is 16.5. The molecule has 0 saturated carbocycles. The number of hydrogen-bond donors (Lipinski definition) is 1. The number of carboxylic acids is 1. The van der Waals surface area contributed by atoms with Crippen LogP contribution >= 0.6 is 0 Å². The molecule has 0 spiro atoms. The summed E-state index contributed by atoms with van der Waals surface area (Å²) in [5.41, 5.74) is 0. The zero-order valence-corrected chi connectivity index (χ0v) is 11.1. The summed E-state index contributed by atoms with van der Waals surface area (Å²) in [6.07, 6.45) is 0. The van der Waals surface area contributed by atoms with Crippen molar-refractivity contribution in [1.82, 2.24) is 9.80 Å². The number of nitrogens with zero attached hydrogens (tertiary/aromatic N) is 2. The lowest BCUT2D eigenvalue weighted by atomic mass is 10.1. The van der Waals surface area contributed by atoms with Gasteiger partial charge in [0.25, 0.3) is 0 Å². The van der Waals surface area contributed by atoms with E-state index in [0.29, 0.717) is 13.2 Å². The molecule has 1 aliphatic rings. The molecular formula is C12H24N2O3. The Kier molecular flexibility index (Phi) is 5.88. The highest BCUT2D eigenvalue weighted by Crippen LogP contribution is 2.13. The number of hydrogen-bond acceptors (Lipinski definition) is 4. The molecule has 0 aromatic heterocycles. The fourth-order valence-electron chi connectivity index (χ4n) is 2.47. The highest BCUT2D eigenvalue weighted by molar-refractivity contribution is 5.74. The minimum absolute atomic E-state index is 0.0244. The fourth-order valence-corrected chi connectivity index (χ4v) is 2.47. The first-order valence-electron chi connectivity index (χ1n) is 6.40. The summed E-state index contributed by atoms with van der Waals surface area (Å²) in [5, 5.41) is 9.41. The number of aliphatic carboxylic acids is 1. The number of morpholine rings is 1. The number of rotatable bonds is 6. The molecule has 0 aliphatic carbocycles. The van der Waals surface area contributed by atoms with Gasteiger partial charge in [-0.1, -0.05) is 13.8 Å². The maximum absolute atomic E-state index is 11.4. The van der Waals surface area contributed by atoms with Crippen molar-refractivity contribution >= 4 is 5.97 Å². The topological polar surface area (TPSA) is 53.0 Å². The molecule has 5 heteroatoms. The van der Waals surface area contributed by atoms with E-state index < -0.39 is 12.0 Å². The van der Waals surface area contributed by atoms with Crippen molar-refractivity contribution in [3.63, 3.8) is 0 Å². The largest absolute Gasteiger partial charge is 0.480 e. The maximum Gasteiger partial charge on any atom is 0.322 e. The van der Waals surface area contributed by atoms with Gasteiger partial charge >= 0.3 is 5.97 Å². The van der Waals surface area contributed by atoms with E-state index in [1.807, 2.05) is 25.7 Å². The van der Waals surface area contributed by atoms with Crippen molar-refractivity contribution < 1.29 is 14.6 Å². The quantitative estimate of drug-likeness (QED) is 0.737. The zero-order chi connectivity index (χ0) is 12.8. The van der Waals surface area contributed by atoms with Gasteiger partial charge in [-0.25, -0.2) is 0 Å². The zero-order valence-electron chi connectivity index (χ0n) is 11.1. The Bertz CT molecular complexity index is 238. The third-order valence-electron chi connectivity index (χ3n) is 3.54. The van der Waals surface area contributed by atoms with E-state index in [9.17, 15) is 9.90 Å². The van der Waals surface area contributed by atoms with Gasteiger partial charge < -0.3 is 9.84 Å². The Morgan fingerprint density at radius 2 is 1.88 bits per heavy atom. The molecule has 1 heterocycles. The van der Waals surface area contributed by atoms with Crippen LogP contribution in [0.4, 0.5) is 0 Å². The average molecular weight is 244 g/mol. The van der Waals surface area contributed by atoms with Crippen LogP contribution in [-0.2, 0) is 9.53 Å². The molecule has 1 saturated heterocycles. The number of carboxylic acid groups (broad SMARTS) is 1. The van der Waals surface area contributed by atoms with Crippen LogP contribution in [0.3, 0.4) is 0 Å². The van der Waals surface area contributed by atoms with E-state index in [2.05, 4.69) is 4.90 Å². The molecule has 1 N–H and O–H groups in total. The second-order valence-corrected chi connectivity index (χ2v) is 4.39. The first kappa shape index (κ1) is 14.4. The second kappa shape index (κ2) is 6.93. The molecule has 17 heavy (non-hydrogen) atoms. The van der Waals surface area contributed by atoms with Gasteiger partial charge in [0.15, 0.2) is 0 Å². The minimum Gasteiger partial charge on any atom is -0.480 e. The SMILES string of the molecule is CCN(CC)C(C(=O)O)C(C)N1CCOCC1. The van der Waals surface area contributed by atoms with Crippen molar-refractivity contribution in [1.29, 1.82) is 0 Å². The second-order valence-electron chi connectivity index (χ2n) is 4.39. The number of ether oxygens (including phenoxy) is 1. The monoisotopic (exact) mass is 244 g/mol. The van der Waals surface area contributed by atoms with E-state index in [4.69, 9.17) is 4.74 Å². The van der Waals surface area contributed by atoms with E-state index in [1.165, 1.54) is 0 Å². The first-order chi connectivity index (χ1) is 8.11. The molecule has 2 unspecified atom stereocenters. The Balaban J connectivity index is 2.71.